The van der Waals surface area contributed by atoms with Gasteiger partial charge < -0.3 is 5.32 Å². The van der Waals surface area contributed by atoms with Crippen molar-refractivity contribution in [3.8, 4) is 0 Å². The summed E-state index contributed by atoms with van der Waals surface area (Å²) >= 11 is 11.8. The van der Waals surface area contributed by atoms with Gasteiger partial charge in [-0.15, -0.1) is 0 Å². The van der Waals surface area contributed by atoms with Gasteiger partial charge in [-0.1, -0.05) is 59.6 Å². The minimum absolute atomic E-state index is 0.0528. The second kappa shape index (κ2) is 8.06. The molecule has 0 bridgehead atoms. The predicted octanol–water partition coefficient (Wildman–Crippen LogP) is 4.63. The molecule has 1 amide bonds. The normalized spacial score (nSPS) is 10.4. The monoisotopic (exact) mass is 321 g/mol. The van der Waals surface area contributed by atoms with E-state index < -0.39 is 0 Å². The second-order valence-electron chi connectivity index (χ2n) is 4.86. The molecule has 2 rings (SSSR count). The fourth-order valence-electron chi connectivity index (χ4n) is 2.04. The van der Waals surface area contributed by atoms with Crippen LogP contribution < -0.4 is 5.32 Å². The van der Waals surface area contributed by atoms with Crippen LogP contribution in [-0.4, -0.2) is 5.91 Å². The highest BCUT2D eigenvalue weighted by atomic mass is 35.5. The van der Waals surface area contributed by atoms with Gasteiger partial charge in [0.1, 0.15) is 0 Å². The summed E-state index contributed by atoms with van der Waals surface area (Å²) in [6.45, 7) is 0.473. The Hall–Kier alpha value is -1.51. The van der Waals surface area contributed by atoms with Crippen molar-refractivity contribution in [2.24, 2.45) is 0 Å². The zero-order valence-electron chi connectivity index (χ0n) is 11.6. The summed E-state index contributed by atoms with van der Waals surface area (Å²) in [6.07, 6.45) is 2.29. The van der Waals surface area contributed by atoms with Gasteiger partial charge >= 0.3 is 0 Å². The van der Waals surface area contributed by atoms with E-state index in [4.69, 9.17) is 23.2 Å². The number of benzene rings is 2. The lowest BCUT2D eigenvalue weighted by molar-refractivity contribution is -0.121. The van der Waals surface area contributed by atoms with E-state index in [2.05, 4.69) is 17.4 Å². The van der Waals surface area contributed by atoms with Crippen molar-refractivity contribution in [2.75, 3.05) is 0 Å². The Balaban J connectivity index is 1.71. The van der Waals surface area contributed by atoms with Crippen LogP contribution in [-0.2, 0) is 17.8 Å². The molecule has 0 aromatic heterocycles. The molecule has 4 heteroatoms. The number of carbonyl (C=O) groups excluding carboxylic acids is 1. The Labute approximate surface area is 135 Å². The van der Waals surface area contributed by atoms with Crippen LogP contribution in [0.2, 0.25) is 10.0 Å². The number of halogens is 2. The summed E-state index contributed by atoms with van der Waals surface area (Å²) < 4.78 is 0. The first-order chi connectivity index (χ1) is 10.1. The first-order valence-electron chi connectivity index (χ1n) is 6.90. The van der Waals surface area contributed by atoms with Gasteiger partial charge in [0.25, 0.3) is 0 Å². The molecule has 0 aliphatic rings. The number of rotatable bonds is 6. The highest BCUT2D eigenvalue weighted by molar-refractivity contribution is 6.42. The first kappa shape index (κ1) is 15.9. The number of hydrogen-bond acceptors (Lipinski definition) is 1. The van der Waals surface area contributed by atoms with Gasteiger partial charge in [0.15, 0.2) is 0 Å². The molecule has 0 fully saturated rings. The fraction of sp³-hybridized carbons (Fsp3) is 0.235. The summed E-state index contributed by atoms with van der Waals surface area (Å²) in [5.74, 6) is 0.0528. The van der Waals surface area contributed by atoms with Crippen LogP contribution in [0.25, 0.3) is 0 Å². The van der Waals surface area contributed by atoms with E-state index in [0.717, 1.165) is 18.4 Å². The van der Waals surface area contributed by atoms with Crippen molar-refractivity contribution < 1.29 is 4.79 Å². The highest BCUT2D eigenvalue weighted by Crippen LogP contribution is 2.22. The molecule has 0 spiro atoms. The molecule has 2 aromatic rings. The molecule has 0 aliphatic carbocycles. The van der Waals surface area contributed by atoms with Gasteiger partial charge in [-0.3, -0.25) is 4.79 Å². The number of amides is 1. The van der Waals surface area contributed by atoms with Crippen molar-refractivity contribution in [1.29, 1.82) is 0 Å². The van der Waals surface area contributed by atoms with Crippen LogP contribution in [0.4, 0.5) is 0 Å². The molecule has 110 valence electrons. The third-order valence-corrected chi connectivity index (χ3v) is 3.92. The molecule has 0 saturated carbocycles. The predicted molar refractivity (Wildman–Crippen MR) is 87.7 cm³/mol. The quantitative estimate of drug-likeness (QED) is 0.825. The SMILES string of the molecule is O=C(CCCc1ccccc1)NCc1ccc(Cl)c(Cl)c1. The lowest BCUT2D eigenvalue weighted by Crippen LogP contribution is -2.22. The molecule has 1 N–H and O–H groups in total. The standard InChI is InChI=1S/C17H17Cl2NO/c18-15-10-9-14(11-16(15)19)12-20-17(21)8-4-7-13-5-2-1-3-6-13/h1-3,5-6,9-11H,4,7-8,12H2,(H,20,21). The van der Waals surface area contributed by atoms with Gasteiger partial charge in [-0.25, -0.2) is 0 Å². The molecule has 0 radical (unpaired) electrons. The van der Waals surface area contributed by atoms with Gasteiger partial charge in [0.2, 0.25) is 5.91 Å². The van der Waals surface area contributed by atoms with Gasteiger partial charge in [0.05, 0.1) is 10.0 Å². The van der Waals surface area contributed by atoms with Crippen LogP contribution in [0.5, 0.6) is 0 Å². The van der Waals surface area contributed by atoms with Crippen LogP contribution >= 0.6 is 23.2 Å². The summed E-state index contributed by atoms with van der Waals surface area (Å²) in [5.41, 5.74) is 2.20. The maximum atomic E-state index is 11.8. The average Bonchev–Trinajstić information content (AvgIpc) is 2.49. The zero-order chi connectivity index (χ0) is 15.1. The van der Waals surface area contributed by atoms with E-state index in [1.165, 1.54) is 5.56 Å². The Morgan fingerprint density at radius 3 is 2.43 bits per heavy atom. The molecule has 2 aromatic carbocycles. The van der Waals surface area contributed by atoms with Gasteiger partial charge in [-0.2, -0.15) is 0 Å². The van der Waals surface area contributed by atoms with Crippen molar-refractivity contribution in [1.82, 2.24) is 5.32 Å². The number of hydrogen-bond donors (Lipinski definition) is 1. The van der Waals surface area contributed by atoms with Crippen LogP contribution in [0.1, 0.15) is 24.0 Å². The maximum absolute atomic E-state index is 11.8. The fourth-order valence-corrected chi connectivity index (χ4v) is 2.36. The van der Waals surface area contributed by atoms with Gasteiger partial charge in [0, 0.05) is 13.0 Å². The molecule has 0 aliphatic heterocycles. The Morgan fingerprint density at radius 1 is 0.952 bits per heavy atom. The smallest absolute Gasteiger partial charge is 0.220 e. The van der Waals surface area contributed by atoms with E-state index in [1.807, 2.05) is 24.3 Å². The minimum Gasteiger partial charge on any atom is -0.352 e. The molecular weight excluding hydrogens is 305 g/mol. The lowest BCUT2D eigenvalue weighted by Gasteiger charge is -2.06. The Bertz CT molecular complexity index is 599. The maximum Gasteiger partial charge on any atom is 0.220 e. The molecule has 21 heavy (non-hydrogen) atoms. The summed E-state index contributed by atoms with van der Waals surface area (Å²) in [5, 5.41) is 3.92. The Morgan fingerprint density at radius 2 is 1.71 bits per heavy atom. The summed E-state index contributed by atoms with van der Waals surface area (Å²) in [4.78, 5) is 11.8. The number of nitrogens with one attached hydrogen (secondary N) is 1. The molecule has 2 nitrogen and oxygen atoms in total. The lowest BCUT2D eigenvalue weighted by atomic mass is 10.1. The zero-order valence-corrected chi connectivity index (χ0v) is 13.1. The molecule has 0 heterocycles. The topological polar surface area (TPSA) is 29.1 Å². The van der Waals surface area contributed by atoms with Crippen molar-refractivity contribution >= 4 is 29.1 Å². The van der Waals surface area contributed by atoms with Crippen molar-refractivity contribution in [2.45, 2.75) is 25.8 Å². The van der Waals surface area contributed by atoms with E-state index in [0.29, 0.717) is 23.0 Å². The Kier molecular flexibility index (Phi) is 6.09. The van der Waals surface area contributed by atoms with E-state index in [1.54, 1.807) is 12.1 Å². The van der Waals surface area contributed by atoms with Crippen LogP contribution in [0.3, 0.4) is 0 Å². The van der Waals surface area contributed by atoms with E-state index in [-0.39, 0.29) is 5.91 Å². The third kappa shape index (κ3) is 5.41. The minimum atomic E-state index is 0.0528. The van der Waals surface area contributed by atoms with Gasteiger partial charge in [-0.05, 0) is 36.1 Å². The third-order valence-electron chi connectivity index (χ3n) is 3.19. The van der Waals surface area contributed by atoms with Crippen molar-refractivity contribution in [3.05, 3.63) is 69.7 Å². The molecule has 0 atom stereocenters. The van der Waals surface area contributed by atoms with E-state index in [9.17, 15) is 4.79 Å². The number of aryl methyl sites for hydroxylation is 1. The molecule has 0 saturated heterocycles. The summed E-state index contributed by atoms with van der Waals surface area (Å²) in [6, 6.07) is 15.5. The van der Waals surface area contributed by atoms with E-state index >= 15 is 0 Å². The van der Waals surface area contributed by atoms with Crippen LogP contribution in [0.15, 0.2) is 48.5 Å². The van der Waals surface area contributed by atoms with Crippen molar-refractivity contribution in [3.63, 3.8) is 0 Å². The first-order valence-corrected chi connectivity index (χ1v) is 7.65. The largest absolute Gasteiger partial charge is 0.352 e. The molecular formula is C17H17Cl2NO. The molecule has 0 unspecified atom stereocenters. The van der Waals surface area contributed by atoms with Crippen LogP contribution in [0, 0.1) is 0 Å². The second-order valence-corrected chi connectivity index (χ2v) is 5.68. The average molecular weight is 322 g/mol. The summed E-state index contributed by atoms with van der Waals surface area (Å²) in [7, 11) is 0. The highest BCUT2D eigenvalue weighted by Gasteiger charge is 2.03. The number of carbonyl (C=O) groups is 1.